The molecule has 1 aromatic heterocycles. The quantitative estimate of drug-likeness (QED) is 0.675. The molecule has 1 aliphatic rings. The molecule has 1 aromatic rings. The van der Waals surface area contributed by atoms with Crippen molar-refractivity contribution >= 4 is 11.3 Å². The molecule has 1 N–H and O–H groups in total. The smallest absolute Gasteiger partial charge is 0.00209 e. The first-order valence-corrected chi connectivity index (χ1v) is 5.00. The standard InChI is InChI=1S/C9H13NS/c1-7-4-9(6-11-7)8-2-3-10-5-8/h4,6,8,10H,2-3,5H2,1H3/t8-/m0/s1. The molecule has 0 unspecified atom stereocenters. The Morgan fingerprint density at radius 1 is 1.64 bits per heavy atom. The molecule has 0 spiro atoms. The van der Waals surface area contributed by atoms with Crippen molar-refractivity contribution in [2.24, 2.45) is 0 Å². The first kappa shape index (κ1) is 7.32. The lowest BCUT2D eigenvalue weighted by Gasteiger charge is -2.03. The van der Waals surface area contributed by atoms with Crippen LogP contribution >= 0.6 is 11.3 Å². The van der Waals surface area contributed by atoms with E-state index >= 15 is 0 Å². The lowest BCUT2D eigenvalue weighted by molar-refractivity contribution is 0.766. The van der Waals surface area contributed by atoms with Crippen LogP contribution in [0.2, 0.25) is 0 Å². The van der Waals surface area contributed by atoms with Gasteiger partial charge in [-0.2, -0.15) is 0 Å². The molecule has 1 aliphatic heterocycles. The van der Waals surface area contributed by atoms with Gasteiger partial charge in [0.2, 0.25) is 0 Å². The van der Waals surface area contributed by atoms with E-state index in [0.717, 1.165) is 5.92 Å². The van der Waals surface area contributed by atoms with Gasteiger partial charge in [-0.1, -0.05) is 0 Å². The number of hydrogen-bond acceptors (Lipinski definition) is 2. The minimum Gasteiger partial charge on any atom is -0.316 e. The topological polar surface area (TPSA) is 12.0 Å². The molecule has 1 saturated heterocycles. The van der Waals surface area contributed by atoms with Gasteiger partial charge < -0.3 is 5.32 Å². The summed E-state index contributed by atoms with van der Waals surface area (Å²) in [5, 5.41) is 5.68. The SMILES string of the molecule is Cc1cc([C@H]2CCNC2)cs1. The molecule has 1 atom stereocenters. The Morgan fingerprint density at radius 2 is 2.55 bits per heavy atom. The molecule has 1 nitrogen and oxygen atoms in total. The van der Waals surface area contributed by atoms with Crippen molar-refractivity contribution in [3.05, 3.63) is 21.9 Å². The normalized spacial score (nSPS) is 24.3. The Bertz CT molecular complexity index is 235. The Balaban J connectivity index is 2.15. The third kappa shape index (κ3) is 1.47. The molecule has 60 valence electrons. The Kier molecular flexibility index (Phi) is 1.96. The zero-order chi connectivity index (χ0) is 7.68. The largest absolute Gasteiger partial charge is 0.316 e. The number of nitrogens with one attached hydrogen (secondary N) is 1. The fourth-order valence-electron chi connectivity index (χ4n) is 1.62. The molecular formula is C9H13NS. The summed E-state index contributed by atoms with van der Waals surface area (Å²) >= 11 is 1.86. The molecule has 0 bridgehead atoms. The van der Waals surface area contributed by atoms with Crippen LogP contribution in [0.25, 0.3) is 0 Å². The molecule has 0 saturated carbocycles. The van der Waals surface area contributed by atoms with Crippen molar-refractivity contribution < 1.29 is 0 Å². The van der Waals surface area contributed by atoms with Crippen LogP contribution in [0.4, 0.5) is 0 Å². The van der Waals surface area contributed by atoms with Gasteiger partial charge in [-0.15, -0.1) is 11.3 Å². The Morgan fingerprint density at radius 3 is 3.09 bits per heavy atom. The highest BCUT2D eigenvalue weighted by atomic mass is 32.1. The fourth-order valence-corrected chi connectivity index (χ4v) is 2.40. The highest BCUT2D eigenvalue weighted by molar-refractivity contribution is 7.10. The van der Waals surface area contributed by atoms with Gasteiger partial charge in [0.25, 0.3) is 0 Å². The van der Waals surface area contributed by atoms with Crippen LogP contribution in [0.1, 0.15) is 22.8 Å². The summed E-state index contributed by atoms with van der Waals surface area (Å²) in [6.45, 7) is 4.55. The van der Waals surface area contributed by atoms with Crippen LogP contribution < -0.4 is 5.32 Å². The van der Waals surface area contributed by atoms with Gasteiger partial charge in [0, 0.05) is 11.4 Å². The highest BCUT2D eigenvalue weighted by Crippen LogP contribution is 2.26. The summed E-state index contributed by atoms with van der Waals surface area (Å²) < 4.78 is 0. The summed E-state index contributed by atoms with van der Waals surface area (Å²) in [6, 6.07) is 2.32. The highest BCUT2D eigenvalue weighted by Gasteiger charge is 2.16. The van der Waals surface area contributed by atoms with Crippen LogP contribution in [-0.4, -0.2) is 13.1 Å². The number of thiophene rings is 1. The van der Waals surface area contributed by atoms with Gasteiger partial charge in [-0.05, 0) is 42.8 Å². The lowest BCUT2D eigenvalue weighted by Crippen LogP contribution is -2.07. The minimum absolute atomic E-state index is 0.792. The third-order valence-corrected chi connectivity index (χ3v) is 3.16. The molecule has 2 heterocycles. The number of rotatable bonds is 1. The Labute approximate surface area is 71.4 Å². The monoisotopic (exact) mass is 167 g/mol. The van der Waals surface area contributed by atoms with Gasteiger partial charge in [0.05, 0.1) is 0 Å². The molecule has 0 aromatic carbocycles. The maximum absolute atomic E-state index is 3.38. The number of aryl methyl sites for hydroxylation is 1. The van der Waals surface area contributed by atoms with Crippen molar-refractivity contribution in [3.63, 3.8) is 0 Å². The van der Waals surface area contributed by atoms with Crippen LogP contribution in [0.5, 0.6) is 0 Å². The van der Waals surface area contributed by atoms with Crippen LogP contribution in [0, 0.1) is 6.92 Å². The summed E-state index contributed by atoms with van der Waals surface area (Å²) in [7, 11) is 0. The van der Waals surface area contributed by atoms with Crippen LogP contribution in [0.3, 0.4) is 0 Å². The maximum Gasteiger partial charge on any atom is 0.00209 e. The maximum atomic E-state index is 3.38. The van der Waals surface area contributed by atoms with E-state index in [1.54, 1.807) is 0 Å². The van der Waals surface area contributed by atoms with E-state index in [9.17, 15) is 0 Å². The first-order chi connectivity index (χ1) is 5.36. The van der Waals surface area contributed by atoms with Gasteiger partial charge in [-0.3, -0.25) is 0 Å². The average molecular weight is 167 g/mol. The van der Waals surface area contributed by atoms with E-state index < -0.39 is 0 Å². The van der Waals surface area contributed by atoms with Crippen LogP contribution in [0.15, 0.2) is 11.4 Å². The van der Waals surface area contributed by atoms with Crippen LogP contribution in [-0.2, 0) is 0 Å². The zero-order valence-electron chi connectivity index (χ0n) is 6.76. The van der Waals surface area contributed by atoms with Crippen molar-refractivity contribution in [2.75, 3.05) is 13.1 Å². The van der Waals surface area contributed by atoms with Gasteiger partial charge in [-0.25, -0.2) is 0 Å². The van der Waals surface area contributed by atoms with E-state index in [1.165, 1.54) is 30.0 Å². The van der Waals surface area contributed by atoms with Crippen molar-refractivity contribution in [3.8, 4) is 0 Å². The summed E-state index contributed by atoms with van der Waals surface area (Å²) in [6.07, 6.45) is 1.32. The fraction of sp³-hybridized carbons (Fsp3) is 0.556. The van der Waals surface area contributed by atoms with E-state index in [1.807, 2.05) is 11.3 Å². The molecule has 1 fully saturated rings. The second kappa shape index (κ2) is 2.95. The van der Waals surface area contributed by atoms with Gasteiger partial charge >= 0.3 is 0 Å². The lowest BCUT2D eigenvalue weighted by atomic mass is 10.0. The molecule has 0 amide bonds. The second-order valence-electron chi connectivity index (χ2n) is 3.18. The van der Waals surface area contributed by atoms with E-state index in [0.29, 0.717) is 0 Å². The van der Waals surface area contributed by atoms with Gasteiger partial charge in [0.15, 0.2) is 0 Å². The average Bonchev–Trinajstić information content (AvgIpc) is 2.55. The molecule has 2 heteroatoms. The van der Waals surface area contributed by atoms with Crippen molar-refractivity contribution in [1.29, 1.82) is 0 Å². The first-order valence-electron chi connectivity index (χ1n) is 4.12. The third-order valence-electron chi connectivity index (χ3n) is 2.28. The predicted octanol–water partition coefficient (Wildman–Crippen LogP) is 2.13. The summed E-state index contributed by atoms with van der Waals surface area (Å²) in [4.78, 5) is 1.44. The molecular weight excluding hydrogens is 154 g/mol. The number of hydrogen-bond donors (Lipinski definition) is 1. The summed E-state index contributed by atoms with van der Waals surface area (Å²) in [5.41, 5.74) is 1.54. The predicted molar refractivity (Wildman–Crippen MR) is 49.3 cm³/mol. The molecule has 2 rings (SSSR count). The minimum atomic E-state index is 0.792. The van der Waals surface area contributed by atoms with Crippen molar-refractivity contribution in [1.82, 2.24) is 5.32 Å². The second-order valence-corrected chi connectivity index (χ2v) is 4.30. The van der Waals surface area contributed by atoms with Crippen molar-refractivity contribution in [2.45, 2.75) is 19.3 Å². The molecule has 0 radical (unpaired) electrons. The van der Waals surface area contributed by atoms with E-state index in [-0.39, 0.29) is 0 Å². The van der Waals surface area contributed by atoms with Gasteiger partial charge in [0.1, 0.15) is 0 Å². The van der Waals surface area contributed by atoms with E-state index in [2.05, 4.69) is 23.7 Å². The van der Waals surface area contributed by atoms with E-state index in [4.69, 9.17) is 0 Å². The molecule has 11 heavy (non-hydrogen) atoms. The molecule has 0 aliphatic carbocycles. The zero-order valence-corrected chi connectivity index (χ0v) is 7.58. The summed E-state index contributed by atoms with van der Waals surface area (Å²) in [5.74, 6) is 0.792. The Hall–Kier alpha value is -0.340.